The van der Waals surface area contributed by atoms with Gasteiger partial charge in [0.25, 0.3) is 0 Å². The Labute approximate surface area is 203 Å². The van der Waals surface area contributed by atoms with Crippen molar-refractivity contribution < 1.29 is 19.2 Å². The minimum atomic E-state index is -1.97. The Bertz CT molecular complexity index is 650. The number of hydrogen-bond acceptors (Lipinski definition) is 0. The summed E-state index contributed by atoms with van der Waals surface area (Å²) in [6.07, 6.45) is 14.0. The molecule has 0 saturated heterocycles. The number of alkyl halides is 1. The van der Waals surface area contributed by atoms with Gasteiger partial charge in [0.1, 0.15) is 0 Å². The molecule has 1 unspecified atom stereocenters. The van der Waals surface area contributed by atoms with Crippen LogP contribution in [0.2, 0.25) is 0 Å². The Morgan fingerprint density at radius 3 is 1.40 bits per heavy atom. The van der Waals surface area contributed by atoms with Gasteiger partial charge in [-0.3, -0.25) is 0 Å². The molecule has 0 aromatic heterocycles. The van der Waals surface area contributed by atoms with E-state index in [0.29, 0.717) is 0 Å². The maximum atomic E-state index is 7.33. The van der Waals surface area contributed by atoms with Crippen molar-refractivity contribution in [3.05, 3.63) is 29.3 Å². The Morgan fingerprint density at radius 1 is 0.733 bits per heavy atom. The molecule has 1 aromatic carbocycles. The third kappa shape index (κ3) is 5.22. The molecule has 2 saturated carbocycles. The molecule has 2 aliphatic carbocycles. The van der Waals surface area contributed by atoms with Gasteiger partial charge < -0.3 is 0 Å². The van der Waals surface area contributed by atoms with Gasteiger partial charge in [-0.1, -0.05) is 0 Å². The molecule has 0 amide bonds. The summed E-state index contributed by atoms with van der Waals surface area (Å²) >= 11 is 11.1. The number of benzene rings is 1. The summed E-state index contributed by atoms with van der Waals surface area (Å²) in [4.78, 5) is 0. The first kappa shape index (κ1) is 25.2. The molecular weight excluding hydrogens is 497 g/mol. The maximum absolute atomic E-state index is 7.33. The summed E-state index contributed by atoms with van der Waals surface area (Å²) in [6.45, 7) is 14.2. The zero-order chi connectivity index (χ0) is 22.2. The van der Waals surface area contributed by atoms with Gasteiger partial charge in [-0.15, -0.1) is 0 Å². The normalized spacial score (nSPS) is 22.2. The van der Waals surface area contributed by atoms with E-state index in [9.17, 15) is 0 Å². The van der Waals surface area contributed by atoms with E-state index < -0.39 is 7.26 Å². The van der Waals surface area contributed by atoms with Crippen molar-refractivity contribution in [2.24, 2.45) is 0 Å². The van der Waals surface area contributed by atoms with Crippen LogP contribution in [0.3, 0.4) is 0 Å². The zero-order valence-corrected chi connectivity index (χ0v) is 23.5. The second-order valence-electron chi connectivity index (χ2n) is 12.2. The van der Waals surface area contributed by atoms with Crippen molar-refractivity contribution in [1.29, 1.82) is 0 Å². The van der Waals surface area contributed by atoms with Crippen molar-refractivity contribution >= 4 is 24.2 Å². The Hall–Kier alpha value is 0.602. The molecule has 0 spiro atoms. The molecule has 3 heteroatoms. The van der Waals surface area contributed by atoms with E-state index in [0.717, 1.165) is 11.3 Å². The Morgan fingerprint density at radius 2 is 1.10 bits per heavy atom. The van der Waals surface area contributed by atoms with Crippen molar-refractivity contribution in [3.8, 4) is 0 Å². The molecule has 0 aliphatic heterocycles. The molecule has 0 radical (unpaired) electrons. The summed E-state index contributed by atoms with van der Waals surface area (Å²) in [7, 11) is -1.97. The summed E-state index contributed by atoms with van der Waals surface area (Å²) < 4.78 is 0.162. The van der Waals surface area contributed by atoms with Gasteiger partial charge in [-0.2, -0.15) is 0 Å². The van der Waals surface area contributed by atoms with Gasteiger partial charge in [0, 0.05) is 0 Å². The van der Waals surface area contributed by atoms with E-state index in [1.807, 2.05) is 0 Å². The molecule has 1 atom stereocenters. The van der Waals surface area contributed by atoms with Gasteiger partial charge in [-0.05, 0) is 0 Å². The Balaban J connectivity index is 2.26. The fourth-order valence-electron chi connectivity index (χ4n) is 6.15. The molecule has 3 rings (SSSR count). The Kier molecular flexibility index (Phi) is 8.28. The van der Waals surface area contributed by atoms with Crippen LogP contribution in [0, 0.1) is 0 Å². The van der Waals surface area contributed by atoms with E-state index in [4.69, 9.17) is 11.6 Å². The molecule has 2 fully saturated rings. The van der Waals surface area contributed by atoms with Crippen LogP contribution >= 0.6 is 18.9 Å². The second-order valence-corrected chi connectivity index (χ2v) is 19.8. The number of hydrogen-bond donors (Lipinski definition) is 0. The average molecular weight is 543 g/mol. The van der Waals surface area contributed by atoms with Crippen LogP contribution < -0.4 is 5.30 Å². The van der Waals surface area contributed by atoms with Crippen LogP contribution in [-0.4, -0.2) is 14.9 Å². The topological polar surface area (TPSA) is 0 Å². The van der Waals surface area contributed by atoms with Crippen LogP contribution in [-0.2, 0) is 30.0 Å². The third-order valence-corrected chi connectivity index (χ3v) is 17.2. The number of rotatable bonds is 4. The van der Waals surface area contributed by atoms with E-state index in [1.165, 1.54) is 75.3 Å². The summed E-state index contributed by atoms with van der Waals surface area (Å²) in [5.74, 6) is 0. The number of halogens is 1. The van der Waals surface area contributed by atoms with Crippen LogP contribution in [0.4, 0.5) is 0 Å². The van der Waals surface area contributed by atoms with Crippen LogP contribution in [0.5, 0.6) is 0 Å². The molecule has 2 aliphatic rings. The summed E-state index contributed by atoms with van der Waals surface area (Å²) in [5, 5.41) is 1.67. The first-order valence-electron chi connectivity index (χ1n) is 12.4. The molecule has 175 valence electrons. The van der Waals surface area contributed by atoms with Gasteiger partial charge in [-0.25, -0.2) is 0 Å². The van der Waals surface area contributed by atoms with E-state index in [2.05, 4.69) is 78.9 Å². The zero-order valence-electron chi connectivity index (χ0n) is 20.2. The second kappa shape index (κ2) is 9.84. The minimum absolute atomic E-state index is 0.159. The molecule has 30 heavy (non-hydrogen) atoms. The van der Waals surface area contributed by atoms with Crippen molar-refractivity contribution in [2.75, 3.05) is 0 Å². The predicted molar refractivity (Wildman–Crippen MR) is 135 cm³/mol. The standard InChI is InChI=1S/C27H45ClP.Pd/c1-26(2,3)21-17-22(27(4,5)6)19-25(18-21)29(20-28,23-13-9-7-10-14-23)24-15-11-8-12-16-24;/h17-20,23-24,29H,7-16H2,1-6H3;. The van der Waals surface area contributed by atoms with E-state index >= 15 is 0 Å². The van der Waals surface area contributed by atoms with Gasteiger partial charge in [0.05, 0.1) is 0 Å². The van der Waals surface area contributed by atoms with E-state index in [-0.39, 0.29) is 14.4 Å². The van der Waals surface area contributed by atoms with Crippen molar-refractivity contribution in [3.63, 3.8) is 0 Å². The monoisotopic (exact) mass is 541 g/mol. The van der Waals surface area contributed by atoms with Crippen LogP contribution in [0.25, 0.3) is 0 Å². The van der Waals surface area contributed by atoms with Crippen LogP contribution in [0.15, 0.2) is 18.2 Å². The van der Waals surface area contributed by atoms with Gasteiger partial charge in [0.15, 0.2) is 0 Å². The van der Waals surface area contributed by atoms with E-state index in [1.54, 1.807) is 5.30 Å². The summed E-state index contributed by atoms with van der Waals surface area (Å²) in [6, 6.07) is 7.73. The van der Waals surface area contributed by atoms with Gasteiger partial charge >= 0.3 is 204 Å². The van der Waals surface area contributed by atoms with Crippen molar-refractivity contribution in [1.82, 2.24) is 0 Å². The van der Waals surface area contributed by atoms with Gasteiger partial charge in [0.2, 0.25) is 0 Å². The predicted octanol–water partition coefficient (Wildman–Crippen LogP) is 8.39. The third-order valence-electron chi connectivity index (χ3n) is 8.06. The molecular formula is C27H45ClPPd. The fourth-order valence-corrected chi connectivity index (χ4v) is 16.6. The molecule has 0 N–H and O–H groups in total. The first-order valence-corrected chi connectivity index (χ1v) is 15.9. The molecule has 0 bridgehead atoms. The summed E-state index contributed by atoms with van der Waals surface area (Å²) in [5.41, 5.74) is 4.98. The quantitative estimate of drug-likeness (QED) is 0.204. The fraction of sp³-hybridized carbons (Fsp3) is 0.778. The van der Waals surface area contributed by atoms with Crippen molar-refractivity contribution in [2.45, 2.75) is 131 Å². The first-order chi connectivity index (χ1) is 14.0. The molecule has 0 nitrogen and oxygen atoms in total. The van der Waals surface area contributed by atoms with Crippen LogP contribution in [0.1, 0.15) is 117 Å². The average Bonchev–Trinajstić information content (AvgIpc) is 2.68. The molecule has 1 aromatic rings. The molecule has 0 heterocycles. The SMILES string of the molecule is CC(C)(C)c1cc(C(C)(C)C)cc([PH]([CH](Cl)[Pd])(C2CCCCC2)C2CCCCC2)c1.